The molecule has 2 fully saturated rings. The Kier molecular flexibility index (Phi) is 9.07. The Balaban J connectivity index is 1.56. The number of imide groups is 1. The maximum atomic E-state index is 13.0. The maximum Gasteiger partial charge on any atom is 0.339 e. The van der Waals surface area contributed by atoms with Gasteiger partial charge in [-0.25, -0.2) is 0 Å². The second kappa shape index (κ2) is 12.1. The van der Waals surface area contributed by atoms with E-state index in [1.165, 1.54) is 36.4 Å². The van der Waals surface area contributed by atoms with Crippen molar-refractivity contribution in [2.45, 2.75) is 31.1 Å². The molecule has 2 saturated heterocycles. The van der Waals surface area contributed by atoms with Crippen LogP contribution >= 0.6 is 39.3 Å². The van der Waals surface area contributed by atoms with Crippen LogP contribution in [0.4, 0.5) is 4.79 Å². The molecular weight excluding hydrogens is 620 g/mol. The number of ether oxygens (including phenoxy) is 1. The fourth-order valence-electron chi connectivity index (χ4n) is 3.94. The van der Waals surface area contributed by atoms with Crippen LogP contribution in [0.2, 0.25) is 5.02 Å². The van der Waals surface area contributed by atoms with E-state index in [1.54, 1.807) is 17.9 Å². The highest BCUT2D eigenvalue weighted by atomic mass is 79.9. The van der Waals surface area contributed by atoms with E-state index >= 15 is 0 Å². The Morgan fingerprint density at radius 3 is 2.47 bits per heavy atom. The van der Waals surface area contributed by atoms with E-state index in [0.717, 1.165) is 35.9 Å². The minimum atomic E-state index is -4.20. The molecule has 2 aliphatic rings. The highest BCUT2D eigenvalue weighted by Crippen LogP contribution is 2.40. The molecule has 3 amide bonds. The monoisotopic (exact) mass is 642 g/mol. The number of hydrogen-bond donors (Lipinski definition) is 0. The predicted molar refractivity (Wildman–Crippen MR) is 148 cm³/mol. The highest BCUT2D eigenvalue weighted by molar-refractivity contribution is 9.10. The smallest absolute Gasteiger partial charge is 0.339 e. The van der Waals surface area contributed by atoms with Gasteiger partial charge >= 0.3 is 10.1 Å². The molecule has 0 spiro atoms. The molecule has 202 valence electrons. The van der Waals surface area contributed by atoms with E-state index in [0.29, 0.717) is 23.7 Å². The van der Waals surface area contributed by atoms with Crippen molar-refractivity contribution in [2.75, 3.05) is 26.2 Å². The quantitative estimate of drug-likeness (QED) is 0.281. The largest absolute Gasteiger partial charge is 0.490 e. The summed E-state index contributed by atoms with van der Waals surface area (Å²) < 4.78 is 36.9. The minimum absolute atomic E-state index is 0.0702. The fraction of sp³-hybridized carbons (Fsp3) is 0.320. The van der Waals surface area contributed by atoms with Crippen LogP contribution in [0.25, 0.3) is 6.08 Å². The molecule has 0 aliphatic carbocycles. The van der Waals surface area contributed by atoms with Gasteiger partial charge < -0.3 is 13.8 Å². The first kappa shape index (κ1) is 28.5. The van der Waals surface area contributed by atoms with Crippen LogP contribution in [0, 0.1) is 0 Å². The van der Waals surface area contributed by atoms with E-state index in [1.807, 2.05) is 0 Å². The molecular formula is C25H24BrClN2O7S2. The molecule has 0 N–H and O–H groups in total. The second-order valence-electron chi connectivity index (χ2n) is 8.46. The lowest BCUT2D eigenvalue weighted by Crippen LogP contribution is -2.44. The van der Waals surface area contributed by atoms with Crippen molar-refractivity contribution in [1.29, 1.82) is 0 Å². The third-order valence-electron chi connectivity index (χ3n) is 5.80. The normalized spacial score (nSPS) is 17.3. The van der Waals surface area contributed by atoms with Gasteiger partial charge in [0.25, 0.3) is 11.1 Å². The van der Waals surface area contributed by atoms with Crippen molar-refractivity contribution < 1.29 is 31.7 Å². The molecule has 0 bridgehead atoms. The van der Waals surface area contributed by atoms with Crippen molar-refractivity contribution in [1.82, 2.24) is 9.80 Å². The van der Waals surface area contributed by atoms with Crippen LogP contribution in [0.5, 0.6) is 11.5 Å². The van der Waals surface area contributed by atoms with Gasteiger partial charge in [-0.05, 0) is 102 Å². The Hall–Kier alpha value is -2.54. The standard InChI is InChI=1S/C25H24BrClN2O7S2/c1-2-35-20-13-16(12-19(26)23(20)36-38(33,34)18-8-6-17(27)7-9-18)14-21-24(31)29(25(32)37-21)15-22(30)28-10-4-3-5-11-28/h6-9,12-14H,2-5,10-11,15H2,1H3/b21-14-. The van der Waals surface area contributed by atoms with E-state index < -0.39 is 21.3 Å². The first-order valence-corrected chi connectivity index (χ1v) is 15.2. The number of rotatable bonds is 8. The van der Waals surface area contributed by atoms with Crippen molar-refractivity contribution in [2.24, 2.45) is 0 Å². The number of halogens is 2. The summed E-state index contributed by atoms with van der Waals surface area (Å²) in [7, 11) is -4.20. The van der Waals surface area contributed by atoms with Crippen LogP contribution in [-0.2, 0) is 19.7 Å². The highest BCUT2D eigenvalue weighted by Gasteiger charge is 2.37. The van der Waals surface area contributed by atoms with Crippen molar-refractivity contribution in [3.8, 4) is 11.5 Å². The van der Waals surface area contributed by atoms with Crippen molar-refractivity contribution in [3.63, 3.8) is 0 Å². The molecule has 2 heterocycles. The molecule has 2 aliphatic heterocycles. The summed E-state index contributed by atoms with van der Waals surface area (Å²) in [6.07, 6.45) is 4.36. The van der Waals surface area contributed by atoms with E-state index in [9.17, 15) is 22.8 Å². The SMILES string of the molecule is CCOc1cc(/C=C2\SC(=O)N(CC(=O)N3CCCCC3)C2=O)cc(Br)c1OS(=O)(=O)c1ccc(Cl)cc1. The first-order chi connectivity index (χ1) is 18.1. The predicted octanol–water partition coefficient (Wildman–Crippen LogP) is 5.32. The van der Waals surface area contributed by atoms with Crippen LogP contribution in [0.3, 0.4) is 0 Å². The van der Waals surface area contributed by atoms with E-state index in [-0.39, 0.29) is 44.8 Å². The number of likely N-dealkylation sites (tertiary alicyclic amines) is 1. The van der Waals surface area contributed by atoms with Crippen LogP contribution < -0.4 is 8.92 Å². The number of thioether (sulfide) groups is 1. The molecule has 13 heteroatoms. The number of carbonyl (C=O) groups excluding carboxylic acids is 3. The number of benzene rings is 2. The second-order valence-corrected chi connectivity index (χ2v) is 12.3. The van der Waals surface area contributed by atoms with Gasteiger partial charge in [-0.1, -0.05) is 11.6 Å². The number of piperidine rings is 1. The number of hydrogen-bond acceptors (Lipinski definition) is 8. The number of carbonyl (C=O) groups is 3. The molecule has 0 saturated carbocycles. The van der Waals surface area contributed by atoms with Crippen LogP contribution in [-0.4, -0.2) is 61.5 Å². The lowest BCUT2D eigenvalue weighted by atomic mass is 10.1. The summed E-state index contributed by atoms with van der Waals surface area (Å²) in [5.41, 5.74) is 0.462. The molecule has 0 aromatic heterocycles. The summed E-state index contributed by atoms with van der Waals surface area (Å²) in [5, 5.41) is -0.144. The van der Waals surface area contributed by atoms with Gasteiger partial charge in [0.05, 0.1) is 16.0 Å². The average Bonchev–Trinajstić information content (AvgIpc) is 3.14. The number of amides is 3. The van der Waals surface area contributed by atoms with Gasteiger partial charge in [-0.2, -0.15) is 8.42 Å². The molecule has 0 atom stereocenters. The van der Waals surface area contributed by atoms with Gasteiger partial charge in [-0.3, -0.25) is 19.3 Å². The zero-order valence-corrected chi connectivity index (χ0v) is 24.3. The summed E-state index contributed by atoms with van der Waals surface area (Å²) in [6.45, 7) is 2.89. The summed E-state index contributed by atoms with van der Waals surface area (Å²) >= 11 is 9.92. The Morgan fingerprint density at radius 1 is 1.13 bits per heavy atom. The Morgan fingerprint density at radius 2 is 1.82 bits per heavy atom. The molecule has 4 rings (SSSR count). The minimum Gasteiger partial charge on any atom is -0.490 e. The van der Waals surface area contributed by atoms with Crippen molar-refractivity contribution >= 4 is 72.5 Å². The Labute approximate surface area is 238 Å². The van der Waals surface area contributed by atoms with Gasteiger partial charge in [0, 0.05) is 18.1 Å². The Bertz CT molecular complexity index is 1390. The molecule has 9 nitrogen and oxygen atoms in total. The molecule has 2 aromatic carbocycles. The first-order valence-electron chi connectivity index (χ1n) is 11.8. The summed E-state index contributed by atoms with van der Waals surface area (Å²) in [5.74, 6) is -0.771. The van der Waals surface area contributed by atoms with Gasteiger partial charge in [0.1, 0.15) is 11.4 Å². The third-order valence-corrected chi connectivity index (χ3v) is 8.78. The summed E-state index contributed by atoms with van der Waals surface area (Å²) in [4.78, 5) is 40.8. The lowest BCUT2D eigenvalue weighted by molar-refractivity contribution is -0.136. The number of nitrogens with zero attached hydrogens (tertiary/aromatic N) is 2. The van der Waals surface area contributed by atoms with E-state index in [4.69, 9.17) is 20.5 Å². The fourth-order valence-corrected chi connectivity index (χ4v) is 6.51. The summed E-state index contributed by atoms with van der Waals surface area (Å²) in [6, 6.07) is 8.58. The molecule has 0 unspecified atom stereocenters. The van der Waals surface area contributed by atoms with Gasteiger partial charge in [0.2, 0.25) is 5.91 Å². The maximum absolute atomic E-state index is 13.0. The zero-order valence-electron chi connectivity index (χ0n) is 20.3. The third kappa shape index (κ3) is 6.53. The van der Waals surface area contributed by atoms with Crippen LogP contribution in [0.1, 0.15) is 31.7 Å². The van der Waals surface area contributed by atoms with Gasteiger partial charge in [0.15, 0.2) is 11.5 Å². The average molecular weight is 644 g/mol. The molecule has 38 heavy (non-hydrogen) atoms. The molecule has 0 radical (unpaired) electrons. The van der Waals surface area contributed by atoms with Crippen LogP contribution in [0.15, 0.2) is 50.7 Å². The molecule has 2 aromatic rings. The van der Waals surface area contributed by atoms with Crippen molar-refractivity contribution in [3.05, 3.63) is 56.4 Å². The van der Waals surface area contributed by atoms with Gasteiger partial charge in [-0.15, -0.1) is 0 Å². The topological polar surface area (TPSA) is 110 Å². The lowest BCUT2D eigenvalue weighted by Gasteiger charge is -2.27. The van der Waals surface area contributed by atoms with E-state index in [2.05, 4.69) is 15.9 Å². The zero-order chi connectivity index (χ0) is 27.4.